The van der Waals surface area contributed by atoms with E-state index in [1.165, 1.54) is 14.2 Å². The zero-order valence-electron chi connectivity index (χ0n) is 10.7. The second-order valence-corrected chi connectivity index (χ2v) is 5.85. The number of anilines is 1. The molecule has 0 radical (unpaired) electrons. The summed E-state index contributed by atoms with van der Waals surface area (Å²) in [6.45, 7) is 5.30. The van der Waals surface area contributed by atoms with E-state index in [-0.39, 0.29) is 4.90 Å². The molecule has 0 unspecified atom stereocenters. The summed E-state index contributed by atoms with van der Waals surface area (Å²) in [6, 6.07) is 1.76. The molecule has 96 valence electrons. The summed E-state index contributed by atoms with van der Waals surface area (Å²) in [6.07, 6.45) is 0. The van der Waals surface area contributed by atoms with Gasteiger partial charge in [0.05, 0.1) is 12.0 Å². The lowest BCUT2D eigenvalue weighted by Gasteiger charge is -2.19. The Kier molecular flexibility index (Phi) is 3.81. The highest BCUT2D eigenvalue weighted by atomic mass is 32.2. The lowest BCUT2D eigenvalue weighted by molar-refractivity contribution is -0.0259. The minimum Gasteiger partial charge on any atom is -0.398 e. The monoisotopic (exact) mass is 258 g/mol. The first-order chi connectivity index (χ1) is 7.73. The first kappa shape index (κ1) is 14.0. The number of hydrogen-bond acceptors (Lipinski definition) is 4. The summed E-state index contributed by atoms with van der Waals surface area (Å²) in [5.41, 5.74) is 8.47. The topological polar surface area (TPSA) is 72.6 Å². The molecule has 1 aromatic rings. The molecule has 0 aliphatic rings. The Morgan fingerprint density at radius 3 is 2.24 bits per heavy atom. The van der Waals surface area contributed by atoms with Crippen LogP contribution in [0.25, 0.3) is 0 Å². The van der Waals surface area contributed by atoms with E-state index in [0.29, 0.717) is 16.8 Å². The predicted octanol–water partition coefficient (Wildman–Crippen LogP) is 1.38. The van der Waals surface area contributed by atoms with Crippen LogP contribution in [-0.4, -0.2) is 27.0 Å². The Labute approximate surface area is 102 Å². The number of nitrogens with two attached hydrogens (primary N) is 1. The van der Waals surface area contributed by atoms with Gasteiger partial charge in [-0.2, -0.15) is 0 Å². The third-order valence-electron chi connectivity index (χ3n) is 2.81. The van der Waals surface area contributed by atoms with Crippen molar-refractivity contribution in [1.29, 1.82) is 0 Å². The van der Waals surface area contributed by atoms with Crippen LogP contribution >= 0.6 is 0 Å². The lowest BCUT2D eigenvalue weighted by Crippen LogP contribution is -2.27. The number of rotatable bonds is 3. The molecule has 17 heavy (non-hydrogen) atoms. The van der Waals surface area contributed by atoms with Crippen molar-refractivity contribution in [3.05, 3.63) is 22.8 Å². The molecule has 0 saturated carbocycles. The summed E-state index contributed by atoms with van der Waals surface area (Å²) < 4.78 is 25.3. The minimum absolute atomic E-state index is 0.213. The molecule has 0 spiro atoms. The average Bonchev–Trinajstić information content (AvgIpc) is 2.24. The summed E-state index contributed by atoms with van der Waals surface area (Å²) in [7, 11) is -1.00. The molecule has 2 N–H and O–H groups in total. The second-order valence-electron chi connectivity index (χ2n) is 3.98. The summed E-state index contributed by atoms with van der Waals surface area (Å²) in [5, 5.41) is 0. The molecular weight excluding hydrogens is 240 g/mol. The molecule has 1 aromatic carbocycles. The Morgan fingerprint density at radius 2 is 1.76 bits per heavy atom. The molecule has 0 saturated heterocycles. The van der Waals surface area contributed by atoms with E-state index < -0.39 is 10.0 Å². The number of benzene rings is 1. The normalized spacial score (nSPS) is 12.1. The number of hydrogen-bond donors (Lipinski definition) is 1. The summed E-state index contributed by atoms with van der Waals surface area (Å²) >= 11 is 0. The van der Waals surface area contributed by atoms with Gasteiger partial charge in [0, 0.05) is 12.7 Å². The fraction of sp³-hybridized carbons (Fsp3) is 0.455. The Hall–Kier alpha value is -1.11. The highest BCUT2D eigenvalue weighted by molar-refractivity contribution is 7.89. The van der Waals surface area contributed by atoms with Gasteiger partial charge < -0.3 is 5.73 Å². The van der Waals surface area contributed by atoms with Crippen molar-refractivity contribution in [2.75, 3.05) is 19.9 Å². The van der Waals surface area contributed by atoms with Gasteiger partial charge in [-0.15, -0.1) is 0 Å². The van der Waals surface area contributed by atoms with E-state index in [1.807, 2.05) is 6.92 Å². The maximum Gasteiger partial charge on any atom is 0.265 e. The smallest absolute Gasteiger partial charge is 0.265 e. The largest absolute Gasteiger partial charge is 0.398 e. The van der Waals surface area contributed by atoms with Crippen LogP contribution in [0.15, 0.2) is 11.0 Å². The highest BCUT2D eigenvalue weighted by Gasteiger charge is 2.26. The standard InChI is InChI=1S/C11H18N2O3S/c1-7-6-8(2)11(9(3)10(7)12)17(14,15)13(4)16-5/h6H,12H2,1-5H3. The number of sulfonamides is 1. The molecule has 0 fully saturated rings. The van der Waals surface area contributed by atoms with Crippen molar-refractivity contribution in [3.8, 4) is 0 Å². The molecule has 0 amide bonds. The van der Waals surface area contributed by atoms with Crippen LogP contribution in [0, 0.1) is 20.8 Å². The zero-order chi connectivity index (χ0) is 13.4. The van der Waals surface area contributed by atoms with Crippen LogP contribution in [0.5, 0.6) is 0 Å². The fourth-order valence-electron chi connectivity index (χ4n) is 1.81. The Balaban J connectivity index is 3.59. The van der Waals surface area contributed by atoms with Crippen LogP contribution in [0.2, 0.25) is 0 Å². The molecule has 0 aliphatic heterocycles. The Bertz CT molecular complexity index is 538. The third-order valence-corrected chi connectivity index (χ3v) is 4.78. The minimum atomic E-state index is -3.66. The predicted molar refractivity (Wildman–Crippen MR) is 67.0 cm³/mol. The van der Waals surface area contributed by atoms with Gasteiger partial charge in [0.15, 0.2) is 0 Å². The van der Waals surface area contributed by atoms with Crippen molar-refractivity contribution >= 4 is 15.7 Å². The van der Waals surface area contributed by atoms with Gasteiger partial charge in [-0.3, -0.25) is 4.84 Å². The van der Waals surface area contributed by atoms with E-state index in [1.54, 1.807) is 19.9 Å². The van der Waals surface area contributed by atoms with Crippen molar-refractivity contribution in [1.82, 2.24) is 4.47 Å². The average molecular weight is 258 g/mol. The molecule has 0 aromatic heterocycles. The molecule has 0 aliphatic carbocycles. The molecule has 0 atom stereocenters. The van der Waals surface area contributed by atoms with E-state index in [0.717, 1.165) is 10.0 Å². The van der Waals surface area contributed by atoms with Crippen LogP contribution < -0.4 is 5.73 Å². The SMILES string of the molecule is CON(C)S(=O)(=O)c1c(C)cc(C)c(N)c1C. The summed E-state index contributed by atoms with van der Waals surface area (Å²) in [4.78, 5) is 4.97. The van der Waals surface area contributed by atoms with Gasteiger partial charge in [0.2, 0.25) is 0 Å². The zero-order valence-corrected chi connectivity index (χ0v) is 11.6. The van der Waals surface area contributed by atoms with E-state index in [2.05, 4.69) is 0 Å². The van der Waals surface area contributed by atoms with Crippen LogP contribution in [0.4, 0.5) is 5.69 Å². The van der Waals surface area contributed by atoms with Crippen LogP contribution in [-0.2, 0) is 14.9 Å². The number of nitrogen functional groups attached to an aromatic ring is 1. The van der Waals surface area contributed by atoms with Gasteiger partial charge in [-0.1, -0.05) is 10.5 Å². The molecule has 1 rings (SSSR count). The van der Waals surface area contributed by atoms with Gasteiger partial charge in [0.25, 0.3) is 10.0 Å². The van der Waals surface area contributed by atoms with Crippen molar-refractivity contribution in [3.63, 3.8) is 0 Å². The third kappa shape index (κ3) is 2.29. The molecular formula is C11H18N2O3S. The van der Waals surface area contributed by atoms with E-state index in [4.69, 9.17) is 10.6 Å². The Morgan fingerprint density at radius 1 is 1.24 bits per heavy atom. The highest BCUT2D eigenvalue weighted by Crippen LogP contribution is 2.29. The molecule has 0 heterocycles. The first-order valence-electron chi connectivity index (χ1n) is 5.12. The molecule has 6 heteroatoms. The van der Waals surface area contributed by atoms with E-state index >= 15 is 0 Å². The number of hydroxylamine groups is 1. The van der Waals surface area contributed by atoms with Gasteiger partial charge >= 0.3 is 0 Å². The first-order valence-corrected chi connectivity index (χ1v) is 6.56. The lowest BCUT2D eigenvalue weighted by atomic mass is 10.1. The van der Waals surface area contributed by atoms with Gasteiger partial charge in [-0.05, 0) is 37.5 Å². The molecule has 0 bridgehead atoms. The quantitative estimate of drug-likeness (QED) is 0.656. The maximum absolute atomic E-state index is 12.2. The summed E-state index contributed by atoms with van der Waals surface area (Å²) in [5.74, 6) is 0. The van der Waals surface area contributed by atoms with E-state index in [9.17, 15) is 8.42 Å². The van der Waals surface area contributed by atoms with Crippen molar-refractivity contribution in [2.24, 2.45) is 0 Å². The molecule has 5 nitrogen and oxygen atoms in total. The van der Waals surface area contributed by atoms with Gasteiger partial charge in [0.1, 0.15) is 0 Å². The van der Waals surface area contributed by atoms with Crippen molar-refractivity contribution < 1.29 is 13.3 Å². The number of aryl methyl sites for hydroxylation is 2. The van der Waals surface area contributed by atoms with Crippen LogP contribution in [0.3, 0.4) is 0 Å². The van der Waals surface area contributed by atoms with Gasteiger partial charge in [-0.25, -0.2) is 8.42 Å². The second kappa shape index (κ2) is 4.64. The fourth-order valence-corrected chi connectivity index (χ4v) is 3.22. The number of nitrogens with zero attached hydrogens (tertiary/aromatic N) is 1. The maximum atomic E-state index is 12.2. The van der Waals surface area contributed by atoms with Crippen LogP contribution in [0.1, 0.15) is 16.7 Å². The van der Waals surface area contributed by atoms with Crippen molar-refractivity contribution in [2.45, 2.75) is 25.7 Å².